The molecule has 4 heteroatoms. The number of amides is 1. The molecule has 1 amide bonds. The van der Waals surface area contributed by atoms with Crippen molar-refractivity contribution >= 4 is 21.8 Å². The first-order valence-corrected chi connectivity index (χ1v) is 5.36. The summed E-state index contributed by atoms with van der Waals surface area (Å²) in [6, 6.07) is 3.76. The molecule has 1 fully saturated rings. The lowest BCUT2D eigenvalue weighted by atomic mass is 9.66. The van der Waals surface area contributed by atoms with Crippen molar-refractivity contribution < 1.29 is 4.79 Å². The van der Waals surface area contributed by atoms with Gasteiger partial charge in [-0.15, -0.1) is 0 Å². The van der Waals surface area contributed by atoms with Crippen molar-refractivity contribution in [1.29, 1.82) is 0 Å². The molecule has 0 atom stereocenters. The number of hydrogen-bond acceptors (Lipinski definition) is 2. The summed E-state index contributed by atoms with van der Waals surface area (Å²) in [6.07, 6.45) is 4.42. The number of pyridine rings is 1. The Morgan fingerprint density at radius 2 is 2.21 bits per heavy atom. The molecule has 0 aromatic carbocycles. The van der Waals surface area contributed by atoms with E-state index in [1.54, 1.807) is 6.20 Å². The van der Waals surface area contributed by atoms with Gasteiger partial charge in [-0.05, 0) is 40.9 Å². The summed E-state index contributed by atoms with van der Waals surface area (Å²) in [7, 11) is 0. The van der Waals surface area contributed by atoms with Crippen molar-refractivity contribution in [2.75, 3.05) is 0 Å². The van der Waals surface area contributed by atoms with Crippen LogP contribution in [-0.2, 0) is 10.2 Å². The monoisotopic (exact) mass is 254 g/mol. The van der Waals surface area contributed by atoms with Crippen molar-refractivity contribution in [3.8, 4) is 0 Å². The highest BCUT2D eigenvalue weighted by molar-refractivity contribution is 9.10. The largest absolute Gasteiger partial charge is 0.369 e. The molecule has 2 rings (SSSR count). The van der Waals surface area contributed by atoms with Gasteiger partial charge in [0, 0.05) is 10.7 Å². The molecule has 1 aromatic heterocycles. The molecule has 1 aliphatic rings. The zero-order chi connectivity index (χ0) is 10.2. The van der Waals surface area contributed by atoms with E-state index in [4.69, 9.17) is 5.73 Å². The summed E-state index contributed by atoms with van der Waals surface area (Å²) in [5, 5.41) is 0. The topological polar surface area (TPSA) is 56.0 Å². The maximum Gasteiger partial charge on any atom is 0.229 e. The fourth-order valence-electron chi connectivity index (χ4n) is 1.82. The van der Waals surface area contributed by atoms with Gasteiger partial charge in [0.15, 0.2) is 0 Å². The lowest BCUT2D eigenvalue weighted by Gasteiger charge is -2.38. The van der Waals surface area contributed by atoms with E-state index in [1.807, 2.05) is 12.1 Å². The van der Waals surface area contributed by atoms with E-state index in [1.165, 1.54) is 0 Å². The third-order valence-electron chi connectivity index (χ3n) is 2.90. The van der Waals surface area contributed by atoms with Crippen molar-refractivity contribution in [1.82, 2.24) is 4.98 Å². The van der Waals surface area contributed by atoms with E-state index in [0.29, 0.717) is 0 Å². The SMILES string of the molecule is NC(=O)C1(c2ccc(Br)cn2)CCC1. The Bertz CT molecular complexity index is 357. The molecular formula is C10H11BrN2O. The highest BCUT2D eigenvalue weighted by Gasteiger charge is 2.45. The molecule has 1 saturated carbocycles. The van der Waals surface area contributed by atoms with Crippen LogP contribution in [-0.4, -0.2) is 10.9 Å². The van der Waals surface area contributed by atoms with Gasteiger partial charge in [-0.25, -0.2) is 0 Å². The Labute approximate surface area is 90.8 Å². The number of carbonyl (C=O) groups is 1. The highest BCUT2D eigenvalue weighted by atomic mass is 79.9. The van der Waals surface area contributed by atoms with E-state index >= 15 is 0 Å². The van der Waals surface area contributed by atoms with Crippen LogP contribution in [0.4, 0.5) is 0 Å². The second-order valence-corrected chi connectivity index (χ2v) is 4.58. The molecule has 1 aliphatic carbocycles. The summed E-state index contributed by atoms with van der Waals surface area (Å²) in [6.45, 7) is 0. The van der Waals surface area contributed by atoms with E-state index < -0.39 is 5.41 Å². The van der Waals surface area contributed by atoms with Crippen LogP contribution in [0.15, 0.2) is 22.8 Å². The fraction of sp³-hybridized carbons (Fsp3) is 0.400. The lowest BCUT2D eigenvalue weighted by Crippen LogP contribution is -2.47. The Morgan fingerprint density at radius 1 is 1.50 bits per heavy atom. The first-order chi connectivity index (χ1) is 6.65. The molecule has 0 radical (unpaired) electrons. The van der Waals surface area contributed by atoms with Crippen molar-refractivity contribution in [3.63, 3.8) is 0 Å². The van der Waals surface area contributed by atoms with Gasteiger partial charge in [0.25, 0.3) is 0 Å². The van der Waals surface area contributed by atoms with Gasteiger partial charge in [0.05, 0.1) is 11.1 Å². The number of carbonyl (C=O) groups excluding carboxylic acids is 1. The molecule has 2 N–H and O–H groups in total. The highest BCUT2D eigenvalue weighted by Crippen LogP contribution is 2.42. The van der Waals surface area contributed by atoms with Crippen molar-refractivity contribution in [2.45, 2.75) is 24.7 Å². The van der Waals surface area contributed by atoms with E-state index in [-0.39, 0.29) is 5.91 Å². The van der Waals surface area contributed by atoms with Crippen LogP contribution in [0.3, 0.4) is 0 Å². The minimum absolute atomic E-state index is 0.251. The molecule has 0 spiro atoms. The standard InChI is InChI=1S/C10H11BrN2O/c11-7-2-3-8(13-6-7)10(9(12)14)4-1-5-10/h2-3,6H,1,4-5H2,(H2,12,14). The molecule has 0 bridgehead atoms. The molecule has 1 aromatic rings. The second-order valence-electron chi connectivity index (χ2n) is 3.66. The Morgan fingerprint density at radius 3 is 2.57 bits per heavy atom. The number of nitrogens with two attached hydrogens (primary N) is 1. The molecule has 0 unspecified atom stereocenters. The van der Waals surface area contributed by atoms with Gasteiger partial charge < -0.3 is 5.73 Å². The summed E-state index contributed by atoms with van der Waals surface area (Å²) in [4.78, 5) is 15.6. The summed E-state index contributed by atoms with van der Waals surface area (Å²) < 4.78 is 0.917. The number of nitrogens with zero attached hydrogens (tertiary/aromatic N) is 1. The summed E-state index contributed by atoms with van der Waals surface area (Å²) in [5.74, 6) is -0.251. The average Bonchev–Trinajstić information content (AvgIpc) is 2.05. The van der Waals surface area contributed by atoms with E-state index in [9.17, 15) is 4.79 Å². The maximum atomic E-state index is 11.4. The van der Waals surface area contributed by atoms with Gasteiger partial charge in [-0.3, -0.25) is 9.78 Å². The van der Waals surface area contributed by atoms with Gasteiger partial charge in [-0.1, -0.05) is 6.42 Å². The Hall–Kier alpha value is -0.900. The van der Waals surface area contributed by atoms with E-state index in [0.717, 1.165) is 29.4 Å². The predicted octanol–water partition coefficient (Wildman–Crippen LogP) is 1.75. The maximum absolute atomic E-state index is 11.4. The number of primary amides is 1. The van der Waals surface area contributed by atoms with Gasteiger partial charge in [0.2, 0.25) is 5.91 Å². The molecule has 0 aliphatic heterocycles. The van der Waals surface area contributed by atoms with Crippen LogP contribution in [0, 0.1) is 0 Å². The van der Waals surface area contributed by atoms with Crippen molar-refractivity contribution in [2.24, 2.45) is 5.73 Å². The minimum Gasteiger partial charge on any atom is -0.369 e. The van der Waals surface area contributed by atoms with Crippen molar-refractivity contribution in [3.05, 3.63) is 28.5 Å². The Balaban J connectivity index is 2.37. The predicted molar refractivity (Wildman–Crippen MR) is 56.7 cm³/mol. The minimum atomic E-state index is -0.485. The third-order valence-corrected chi connectivity index (χ3v) is 3.37. The summed E-state index contributed by atoms with van der Waals surface area (Å²) in [5.41, 5.74) is 5.73. The molecule has 14 heavy (non-hydrogen) atoms. The smallest absolute Gasteiger partial charge is 0.229 e. The van der Waals surface area contributed by atoms with Crippen LogP contribution >= 0.6 is 15.9 Å². The number of halogens is 1. The molecule has 3 nitrogen and oxygen atoms in total. The zero-order valence-electron chi connectivity index (χ0n) is 7.66. The quantitative estimate of drug-likeness (QED) is 0.875. The van der Waals surface area contributed by atoms with Gasteiger partial charge in [-0.2, -0.15) is 0 Å². The van der Waals surface area contributed by atoms with Gasteiger partial charge >= 0.3 is 0 Å². The van der Waals surface area contributed by atoms with Crippen LogP contribution in [0.2, 0.25) is 0 Å². The number of hydrogen-bond donors (Lipinski definition) is 1. The lowest BCUT2D eigenvalue weighted by molar-refractivity contribution is -0.126. The average molecular weight is 255 g/mol. The van der Waals surface area contributed by atoms with Crippen LogP contribution in [0.1, 0.15) is 25.0 Å². The fourth-order valence-corrected chi connectivity index (χ4v) is 2.05. The molecule has 74 valence electrons. The number of rotatable bonds is 2. The van der Waals surface area contributed by atoms with Crippen LogP contribution in [0.5, 0.6) is 0 Å². The first-order valence-electron chi connectivity index (χ1n) is 4.57. The van der Waals surface area contributed by atoms with Crippen LogP contribution < -0.4 is 5.73 Å². The molecular weight excluding hydrogens is 244 g/mol. The first kappa shape index (κ1) is 9.65. The zero-order valence-corrected chi connectivity index (χ0v) is 9.25. The number of aromatic nitrogens is 1. The van der Waals surface area contributed by atoms with Gasteiger partial charge in [0.1, 0.15) is 0 Å². The summed E-state index contributed by atoms with van der Waals surface area (Å²) >= 11 is 3.31. The Kier molecular flexibility index (Phi) is 2.31. The normalized spacial score (nSPS) is 18.6. The molecule has 0 saturated heterocycles. The molecule has 1 heterocycles. The van der Waals surface area contributed by atoms with E-state index in [2.05, 4.69) is 20.9 Å². The second kappa shape index (κ2) is 3.35. The van der Waals surface area contributed by atoms with Crippen LogP contribution in [0.25, 0.3) is 0 Å². The third kappa shape index (κ3) is 1.34.